The average molecular weight is 536 g/mol. The van der Waals surface area contributed by atoms with Crippen LogP contribution in [-0.2, 0) is 28.4 Å². The summed E-state index contributed by atoms with van der Waals surface area (Å²) in [5.41, 5.74) is 0. The molecule has 0 aromatic carbocycles. The highest BCUT2D eigenvalue weighted by atomic mass is 19.2. The summed E-state index contributed by atoms with van der Waals surface area (Å²) in [5.74, 6) is -3.26. The Bertz CT molecular complexity index is 702. The molecule has 17 heteroatoms. The molecule has 0 spiro atoms. The molecule has 10 N–H and O–H groups in total. The maximum absolute atomic E-state index is 15.0. The van der Waals surface area contributed by atoms with Crippen molar-refractivity contribution in [3.63, 3.8) is 0 Å². The summed E-state index contributed by atoms with van der Waals surface area (Å²) in [7, 11) is 1.21. The SMILES string of the molecule is CO[C@H]1[C@H](O)[C@@H](O)[C@@H](O[C@H]2[C@H](O)[C@@H](O)[C@@H](O[C@H]3[C@H](O)[C@@H](O)[C@H](O)O[C@]3(F)CO)O[C@@H]2CO)O[C@@H]1CO. The Hall–Kier alpha value is -0.710. The van der Waals surface area contributed by atoms with Crippen molar-refractivity contribution in [3.8, 4) is 0 Å². The number of alkyl halides is 1. The van der Waals surface area contributed by atoms with Crippen LogP contribution in [0.2, 0.25) is 0 Å². The standard InChI is InChI=1S/C19H33FO16/c1-31-13-5(2-21)32-17(11(28)7(13)24)34-14-6(3-22)33-18(12(29)8(14)25)35-15-9(26)10(27)16(30)36-19(15,20)4-23/h5-18,21-30H,2-4H2,1H3/t5-,6-,7-,8-,9-,10-,11-,12-,13-,14-,15+,16-,17-,18-,19-/m1/s1. The van der Waals surface area contributed by atoms with Gasteiger partial charge in [0.05, 0.1) is 13.2 Å². The number of aliphatic hydroxyl groups excluding tert-OH is 10. The molecule has 0 radical (unpaired) electrons. The zero-order valence-corrected chi connectivity index (χ0v) is 19.0. The highest BCUT2D eigenvalue weighted by Gasteiger charge is 2.58. The van der Waals surface area contributed by atoms with Gasteiger partial charge in [-0.1, -0.05) is 0 Å². The van der Waals surface area contributed by atoms with E-state index in [9.17, 15) is 55.5 Å². The molecule has 0 unspecified atom stereocenters. The second-order valence-electron chi connectivity index (χ2n) is 8.70. The predicted molar refractivity (Wildman–Crippen MR) is 106 cm³/mol. The molecular formula is C19H33FO16. The van der Waals surface area contributed by atoms with Crippen LogP contribution in [0.15, 0.2) is 0 Å². The van der Waals surface area contributed by atoms with Crippen molar-refractivity contribution in [2.24, 2.45) is 0 Å². The van der Waals surface area contributed by atoms with Gasteiger partial charge in [0, 0.05) is 7.11 Å². The van der Waals surface area contributed by atoms with E-state index < -0.39 is 112 Å². The van der Waals surface area contributed by atoms with Crippen molar-refractivity contribution < 1.29 is 83.9 Å². The summed E-state index contributed by atoms with van der Waals surface area (Å²) in [5, 5.41) is 99.8. The van der Waals surface area contributed by atoms with Crippen LogP contribution in [0.5, 0.6) is 0 Å². The van der Waals surface area contributed by atoms with Crippen molar-refractivity contribution in [1.29, 1.82) is 0 Å². The summed E-state index contributed by atoms with van der Waals surface area (Å²) < 4.78 is 45.8. The Morgan fingerprint density at radius 3 is 1.69 bits per heavy atom. The number of hydrogen-bond acceptors (Lipinski definition) is 16. The highest BCUT2D eigenvalue weighted by molar-refractivity contribution is 4.98. The molecule has 212 valence electrons. The Kier molecular flexibility index (Phi) is 9.94. The zero-order valence-electron chi connectivity index (χ0n) is 19.0. The summed E-state index contributed by atoms with van der Waals surface area (Å²) in [6.45, 7) is -2.99. The molecular weight excluding hydrogens is 503 g/mol. The van der Waals surface area contributed by atoms with Crippen LogP contribution in [-0.4, -0.2) is 170 Å². The van der Waals surface area contributed by atoms with Gasteiger partial charge in [0.25, 0.3) is 5.85 Å². The van der Waals surface area contributed by atoms with Crippen molar-refractivity contribution in [2.75, 3.05) is 26.9 Å². The van der Waals surface area contributed by atoms with Gasteiger partial charge in [-0.3, -0.25) is 0 Å². The van der Waals surface area contributed by atoms with E-state index in [1.807, 2.05) is 0 Å². The largest absolute Gasteiger partial charge is 0.394 e. The molecule has 3 aliphatic heterocycles. The Balaban J connectivity index is 1.75. The Morgan fingerprint density at radius 2 is 1.19 bits per heavy atom. The summed E-state index contributed by atoms with van der Waals surface area (Å²) in [4.78, 5) is 0. The van der Waals surface area contributed by atoms with E-state index in [0.717, 1.165) is 0 Å². The second-order valence-corrected chi connectivity index (χ2v) is 8.70. The lowest BCUT2D eigenvalue weighted by atomic mass is 9.95. The number of halogens is 1. The van der Waals surface area contributed by atoms with Crippen LogP contribution in [0, 0.1) is 0 Å². The van der Waals surface area contributed by atoms with Crippen molar-refractivity contribution in [2.45, 2.75) is 91.9 Å². The van der Waals surface area contributed by atoms with Crippen molar-refractivity contribution in [3.05, 3.63) is 0 Å². The molecule has 0 aromatic rings. The predicted octanol–water partition coefficient (Wildman–Crippen LogP) is -6.62. The molecule has 16 nitrogen and oxygen atoms in total. The van der Waals surface area contributed by atoms with E-state index in [1.54, 1.807) is 0 Å². The van der Waals surface area contributed by atoms with Crippen LogP contribution in [0.3, 0.4) is 0 Å². The van der Waals surface area contributed by atoms with Gasteiger partial charge >= 0.3 is 0 Å². The maximum atomic E-state index is 15.0. The van der Waals surface area contributed by atoms with E-state index in [4.69, 9.17) is 23.7 Å². The van der Waals surface area contributed by atoms with Crippen LogP contribution in [0.25, 0.3) is 0 Å². The van der Waals surface area contributed by atoms with E-state index in [0.29, 0.717) is 0 Å². The van der Waals surface area contributed by atoms with Crippen molar-refractivity contribution >= 4 is 0 Å². The average Bonchev–Trinajstić information content (AvgIpc) is 2.86. The first-order valence-corrected chi connectivity index (χ1v) is 11.0. The molecule has 0 aliphatic carbocycles. The minimum Gasteiger partial charge on any atom is -0.394 e. The van der Waals surface area contributed by atoms with Gasteiger partial charge in [-0.05, 0) is 0 Å². The second kappa shape index (κ2) is 12.0. The Morgan fingerprint density at radius 1 is 0.694 bits per heavy atom. The monoisotopic (exact) mass is 536 g/mol. The lowest BCUT2D eigenvalue weighted by Crippen LogP contribution is -2.68. The molecule has 3 saturated heterocycles. The van der Waals surface area contributed by atoms with Crippen molar-refractivity contribution in [1.82, 2.24) is 0 Å². The fourth-order valence-electron chi connectivity index (χ4n) is 4.34. The van der Waals surface area contributed by atoms with E-state index in [-0.39, 0.29) is 0 Å². The molecule has 15 atom stereocenters. The molecule has 0 aromatic heterocycles. The van der Waals surface area contributed by atoms with Gasteiger partial charge in [-0.25, -0.2) is 4.39 Å². The van der Waals surface area contributed by atoms with Gasteiger partial charge in [0.2, 0.25) is 0 Å². The van der Waals surface area contributed by atoms with Gasteiger partial charge in [-0.15, -0.1) is 0 Å². The fraction of sp³-hybridized carbons (Fsp3) is 1.00. The van der Waals surface area contributed by atoms with Crippen LogP contribution in [0.1, 0.15) is 0 Å². The minimum atomic E-state index is -3.26. The lowest BCUT2D eigenvalue weighted by Gasteiger charge is -2.49. The lowest BCUT2D eigenvalue weighted by molar-refractivity contribution is -0.409. The van der Waals surface area contributed by atoms with E-state index in [1.165, 1.54) is 7.11 Å². The van der Waals surface area contributed by atoms with Crippen LogP contribution in [0.4, 0.5) is 4.39 Å². The smallest absolute Gasteiger partial charge is 0.263 e. The molecule has 3 aliphatic rings. The number of methoxy groups -OCH3 is 1. The molecule has 3 rings (SSSR count). The molecule has 3 heterocycles. The summed E-state index contributed by atoms with van der Waals surface area (Å²) in [6, 6.07) is 0. The Labute approximate surface area is 203 Å². The summed E-state index contributed by atoms with van der Waals surface area (Å²) >= 11 is 0. The number of aliphatic hydroxyl groups is 10. The number of ether oxygens (including phenoxy) is 6. The van der Waals surface area contributed by atoms with Gasteiger partial charge in [0.15, 0.2) is 25.0 Å². The van der Waals surface area contributed by atoms with E-state index >= 15 is 0 Å². The molecule has 36 heavy (non-hydrogen) atoms. The highest BCUT2D eigenvalue weighted by Crippen LogP contribution is 2.36. The first kappa shape index (κ1) is 29.8. The normalized spacial score (nSPS) is 52.3. The quantitative estimate of drug-likeness (QED) is 0.138. The van der Waals surface area contributed by atoms with Crippen LogP contribution >= 0.6 is 0 Å². The number of rotatable bonds is 8. The topological polar surface area (TPSA) is 258 Å². The zero-order chi connectivity index (χ0) is 26.9. The van der Waals surface area contributed by atoms with Crippen LogP contribution < -0.4 is 0 Å². The van der Waals surface area contributed by atoms with Gasteiger partial charge < -0.3 is 79.5 Å². The first-order valence-electron chi connectivity index (χ1n) is 11.0. The molecule has 0 amide bonds. The molecule has 0 saturated carbocycles. The molecule has 0 bridgehead atoms. The molecule has 3 fully saturated rings. The first-order chi connectivity index (χ1) is 16.9. The maximum Gasteiger partial charge on any atom is 0.263 e. The van der Waals surface area contributed by atoms with Gasteiger partial charge in [-0.2, -0.15) is 0 Å². The fourth-order valence-corrected chi connectivity index (χ4v) is 4.34. The van der Waals surface area contributed by atoms with Gasteiger partial charge in [0.1, 0.15) is 67.6 Å². The summed E-state index contributed by atoms with van der Waals surface area (Å²) in [6.07, 6.45) is -25.2. The third-order valence-corrected chi connectivity index (χ3v) is 6.39. The van der Waals surface area contributed by atoms with E-state index in [2.05, 4.69) is 4.74 Å². The number of hydrogen-bond donors (Lipinski definition) is 10. The third-order valence-electron chi connectivity index (χ3n) is 6.39. The minimum absolute atomic E-state index is 0.643. The third kappa shape index (κ3) is 5.52.